The van der Waals surface area contributed by atoms with Crippen molar-refractivity contribution >= 4 is 23.2 Å². The second kappa shape index (κ2) is 5.32. The average molecular weight is 283 g/mol. The highest BCUT2D eigenvalue weighted by molar-refractivity contribution is 6.31. The first-order chi connectivity index (χ1) is 9.01. The van der Waals surface area contributed by atoms with Crippen molar-refractivity contribution in [3.8, 4) is 5.75 Å². The van der Waals surface area contributed by atoms with Crippen LogP contribution in [0.5, 0.6) is 5.75 Å². The molecule has 0 radical (unpaired) electrons. The third-order valence-electron chi connectivity index (χ3n) is 2.64. The van der Waals surface area contributed by atoms with Gasteiger partial charge in [-0.3, -0.25) is 4.79 Å². The van der Waals surface area contributed by atoms with E-state index in [9.17, 15) is 9.18 Å². The van der Waals surface area contributed by atoms with E-state index in [2.05, 4.69) is 5.32 Å². The van der Waals surface area contributed by atoms with Crippen molar-refractivity contribution in [3.05, 3.63) is 47.0 Å². The maximum Gasteiger partial charge on any atom is 0.272 e. The molecule has 4 nitrogen and oxygen atoms in total. The summed E-state index contributed by atoms with van der Waals surface area (Å²) >= 11 is 5.84. The smallest absolute Gasteiger partial charge is 0.272 e. The fourth-order valence-corrected chi connectivity index (χ4v) is 1.93. The van der Waals surface area contributed by atoms with E-state index < -0.39 is 11.6 Å². The standard InChI is InChI=1S/C13H12ClFN2O2/c1-2-17-7-8(14)5-11(17)13(19)16-9-3-4-12(18)10(15)6-9/h3-7,18H,2H2,1H3,(H,16,19). The Balaban J connectivity index is 2.22. The van der Waals surface area contributed by atoms with Crippen LogP contribution in [0.15, 0.2) is 30.5 Å². The van der Waals surface area contributed by atoms with Crippen LogP contribution in [0.2, 0.25) is 5.02 Å². The summed E-state index contributed by atoms with van der Waals surface area (Å²) in [5.74, 6) is -1.64. The molecule has 0 aliphatic rings. The maximum atomic E-state index is 13.2. The molecule has 1 aromatic heterocycles. The van der Waals surface area contributed by atoms with Gasteiger partial charge in [0.2, 0.25) is 0 Å². The number of aromatic hydroxyl groups is 1. The molecule has 0 unspecified atom stereocenters. The predicted octanol–water partition coefficient (Wildman–Crippen LogP) is 3.26. The van der Waals surface area contributed by atoms with Gasteiger partial charge in [0.25, 0.3) is 5.91 Å². The van der Waals surface area contributed by atoms with Crippen molar-refractivity contribution in [1.29, 1.82) is 0 Å². The lowest BCUT2D eigenvalue weighted by atomic mass is 10.2. The van der Waals surface area contributed by atoms with Crippen molar-refractivity contribution in [1.82, 2.24) is 4.57 Å². The molecule has 0 saturated heterocycles. The zero-order valence-electron chi connectivity index (χ0n) is 10.2. The Hall–Kier alpha value is -2.01. The monoisotopic (exact) mass is 282 g/mol. The van der Waals surface area contributed by atoms with Gasteiger partial charge in [0.05, 0.1) is 5.02 Å². The highest BCUT2D eigenvalue weighted by Gasteiger charge is 2.13. The lowest BCUT2D eigenvalue weighted by Crippen LogP contribution is -2.16. The number of benzene rings is 1. The van der Waals surface area contributed by atoms with Crippen LogP contribution in [0.4, 0.5) is 10.1 Å². The Morgan fingerprint density at radius 3 is 2.84 bits per heavy atom. The first-order valence-electron chi connectivity index (χ1n) is 5.66. The normalized spacial score (nSPS) is 10.5. The summed E-state index contributed by atoms with van der Waals surface area (Å²) in [6.45, 7) is 2.48. The highest BCUT2D eigenvalue weighted by atomic mass is 35.5. The van der Waals surface area contributed by atoms with Crippen molar-refractivity contribution in [2.75, 3.05) is 5.32 Å². The Morgan fingerprint density at radius 1 is 1.47 bits per heavy atom. The summed E-state index contributed by atoms with van der Waals surface area (Å²) in [5, 5.41) is 12.1. The molecule has 1 aromatic carbocycles. The van der Waals surface area contributed by atoms with E-state index in [1.54, 1.807) is 10.8 Å². The zero-order valence-corrected chi connectivity index (χ0v) is 10.9. The molecule has 1 amide bonds. The second-order valence-corrected chi connectivity index (χ2v) is 4.39. The molecular weight excluding hydrogens is 271 g/mol. The van der Waals surface area contributed by atoms with Gasteiger partial charge in [-0.25, -0.2) is 4.39 Å². The third kappa shape index (κ3) is 2.88. The van der Waals surface area contributed by atoms with Crippen LogP contribution >= 0.6 is 11.6 Å². The zero-order chi connectivity index (χ0) is 14.0. The summed E-state index contributed by atoms with van der Waals surface area (Å²) in [7, 11) is 0. The quantitative estimate of drug-likeness (QED) is 0.849. The highest BCUT2D eigenvalue weighted by Crippen LogP contribution is 2.21. The number of rotatable bonds is 3. The topological polar surface area (TPSA) is 54.3 Å². The third-order valence-corrected chi connectivity index (χ3v) is 2.85. The van der Waals surface area contributed by atoms with E-state index in [0.29, 0.717) is 17.3 Å². The number of anilines is 1. The fourth-order valence-electron chi connectivity index (χ4n) is 1.71. The SMILES string of the molecule is CCn1cc(Cl)cc1C(=O)Nc1ccc(O)c(F)c1. The molecule has 2 aromatic rings. The molecular formula is C13H12ClFN2O2. The predicted molar refractivity (Wildman–Crippen MR) is 71.1 cm³/mol. The Morgan fingerprint density at radius 2 is 2.21 bits per heavy atom. The molecule has 100 valence electrons. The number of hydrogen-bond donors (Lipinski definition) is 2. The van der Waals surface area contributed by atoms with Crippen LogP contribution in [0, 0.1) is 5.82 Å². The number of aromatic nitrogens is 1. The van der Waals surface area contributed by atoms with Crippen LogP contribution in [-0.2, 0) is 6.54 Å². The number of carbonyl (C=O) groups is 1. The number of phenols is 1. The van der Waals surface area contributed by atoms with Crippen LogP contribution in [-0.4, -0.2) is 15.6 Å². The molecule has 6 heteroatoms. The molecule has 0 spiro atoms. The van der Waals surface area contributed by atoms with Gasteiger partial charge in [0.1, 0.15) is 5.69 Å². The number of aryl methyl sites for hydroxylation is 1. The van der Waals surface area contributed by atoms with Crippen LogP contribution < -0.4 is 5.32 Å². The van der Waals surface area contributed by atoms with E-state index >= 15 is 0 Å². The minimum absolute atomic E-state index is 0.264. The van der Waals surface area contributed by atoms with E-state index in [4.69, 9.17) is 16.7 Å². The number of phenolic OH excluding ortho intramolecular Hbond substituents is 1. The van der Waals surface area contributed by atoms with Crippen LogP contribution in [0.3, 0.4) is 0 Å². The van der Waals surface area contributed by atoms with Gasteiger partial charge in [-0.1, -0.05) is 11.6 Å². The number of halogens is 2. The maximum absolute atomic E-state index is 13.2. The van der Waals surface area contributed by atoms with E-state index in [0.717, 1.165) is 6.07 Å². The van der Waals surface area contributed by atoms with Crippen molar-refractivity contribution < 1.29 is 14.3 Å². The van der Waals surface area contributed by atoms with E-state index in [1.807, 2.05) is 6.92 Å². The Bertz CT molecular complexity index is 625. The van der Waals surface area contributed by atoms with Gasteiger partial charge in [0, 0.05) is 24.5 Å². The molecule has 19 heavy (non-hydrogen) atoms. The lowest BCUT2D eigenvalue weighted by molar-refractivity contribution is 0.101. The minimum atomic E-state index is -0.790. The van der Waals surface area contributed by atoms with Gasteiger partial charge >= 0.3 is 0 Å². The molecule has 0 atom stereocenters. The van der Waals surface area contributed by atoms with Gasteiger partial charge in [-0.2, -0.15) is 0 Å². The fraction of sp³-hybridized carbons (Fsp3) is 0.154. The van der Waals surface area contributed by atoms with Crippen molar-refractivity contribution in [3.63, 3.8) is 0 Å². The lowest BCUT2D eigenvalue weighted by Gasteiger charge is -2.08. The molecule has 0 aliphatic carbocycles. The summed E-state index contributed by atoms with van der Waals surface area (Å²) in [6, 6.07) is 5.18. The van der Waals surface area contributed by atoms with Crippen LogP contribution in [0.1, 0.15) is 17.4 Å². The summed E-state index contributed by atoms with van der Waals surface area (Å²) in [5.41, 5.74) is 0.654. The first-order valence-corrected chi connectivity index (χ1v) is 6.04. The summed E-state index contributed by atoms with van der Waals surface area (Å²) in [4.78, 5) is 12.0. The summed E-state index contributed by atoms with van der Waals surface area (Å²) in [6.07, 6.45) is 1.65. The Labute approximate surface area is 114 Å². The summed E-state index contributed by atoms with van der Waals surface area (Å²) < 4.78 is 14.8. The molecule has 0 aliphatic heterocycles. The average Bonchev–Trinajstić information content (AvgIpc) is 2.75. The van der Waals surface area contributed by atoms with Gasteiger partial charge in [-0.15, -0.1) is 0 Å². The molecule has 0 saturated carbocycles. The van der Waals surface area contributed by atoms with Gasteiger partial charge in [0.15, 0.2) is 11.6 Å². The first kappa shape index (κ1) is 13.4. The number of amides is 1. The largest absolute Gasteiger partial charge is 0.505 e. The second-order valence-electron chi connectivity index (χ2n) is 3.95. The van der Waals surface area contributed by atoms with Crippen molar-refractivity contribution in [2.45, 2.75) is 13.5 Å². The van der Waals surface area contributed by atoms with E-state index in [1.165, 1.54) is 18.2 Å². The van der Waals surface area contributed by atoms with Gasteiger partial charge in [-0.05, 0) is 25.1 Å². The Kier molecular flexibility index (Phi) is 3.76. The number of nitrogens with zero attached hydrogens (tertiary/aromatic N) is 1. The molecule has 2 N–H and O–H groups in total. The number of nitrogens with one attached hydrogen (secondary N) is 1. The number of carbonyl (C=O) groups excluding carboxylic acids is 1. The molecule has 1 heterocycles. The van der Waals surface area contributed by atoms with Crippen molar-refractivity contribution in [2.24, 2.45) is 0 Å². The molecule has 2 rings (SSSR count). The number of hydrogen-bond acceptors (Lipinski definition) is 2. The van der Waals surface area contributed by atoms with E-state index in [-0.39, 0.29) is 11.6 Å². The van der Waals surface area contributed by atoms with Gasteiger partial charge < -0.3 is 15.0 Å². The minimum Gasteiger partial charge on any atom is -0.505 e. The molecule has 0 bridgehead atoms. The molecule has 0 fully saturated rings. The van der Waals surface area contributed by atoms with Crippen LogP contribution in [0.25, 0.3) is 0 Å².